The Morgan fingerprint density at radius 2 is 2.19 bits per heavy atom. The van der Waals surface area contributed by atoms with E-state index in [1.165, 1.54) is 25.4 Å². The van der Waals surface area contributed by atoms with Crippen LogP contribution in [0.3, 0.4) is 0 Å². The van der Waals surface area contributed by atoms with Gasteiger partial charge in [0.05, 0.1) is 4.90 Å². The van der Waals surface area contributed by atoms with E-state index in [2.05, 4.69) is 14.9 Å². The highest BCUT2D eigenvalue weighted by Gasteiger charge is 2.17. The molecule has 1 heterocycles. The van der Waals surface area contributed by atoms with Crippen LogP contribution in [-0.4, -0.2) is 25.1 Å². The molecule has 3 N–H and O–H groups in total. The van der Waals surface area contributed by atoms with Crippen LogP contribution < -0.4 is 10.5 Å². The Bertz CT molecular complexity index is 716. The van der Waals surface area contributed by atoms with Gasteiger partial charge in [0.25, 0.3) is 0 Å². The van der Waals surface area contributed by atoms with Gasteiger partial charge < -0.3 is 10.3 Å². The monoisotopic (exact) mass is 314 g/mol. The molecule has 0 saturated carbocycles. The SMILES string of the molecule is Cc1cc(S(=O)(=O)NCCc2ncno2)cc(CN)c1F. The van der Waals surface area contributed by atoms with E-state index >= 15 is 0 Å². The van der Waals surface area contributed by atoms with Crippen LogP contribution in [0.15, 0.2) is 27.9 Å². The van der Waals surface area contributed by atoms with Crippen molar-refractivity contribution in [3.8, 4) is 0 Å². The lowest BCUT2D eigenvalue weighted by atomic mass is 10.1. The summed E-state index contributed by atoms with van der Waals surface area (Å²) in [5.74, 6) is -0.155. The molecular formula is C12H15FN4O3S. The molecule has 0 radical (unpaired) electrons. The zero-order chi connectivity index (χ0) is 15.5. The maximum Gasteiger partial charge on any atom is 0.240 e. The summed E-state index contributed by atoms with van der Waals surface area (Å²) in [6.07, 6.45) is 1.50. The van der Waals surface area contributed by atoms with Crippen molar-refractivity contribution in [3.05, 3.63) is 41.3 Å². The van der Waals surface area contributed by atoms with Gasteiger partial charge in [0.15, 0.2) is 6.33 Å². The highest BCUT2D eigenvalue weighted by atomic mass is 32.2. The highest BCUT2D eigenvalue weighted by Crippen LogP contribution is 2.18. The van der Waals surface area contributed by atoms with Crippen molar-refractivity contribution < 1.29 is 17.3 Å². The lowest BCUT2D eigenvalue weighted by Crippen LogP contribution is -2.26. The zero-order valence-corrected chi connectivity index (χ0v) is 12.2. The smallest absolute Gasteiger partial charge is 0.240 e. The van der Waals surface area contributed by atoms with Gasteiger partial charge in [-0.25, -0.2) is 17.5 Å². The Balaban J connectivity index is 2.13. The molecule has 1 aromatic heterocycles. The summed E-state index contributed by atoms with van der Waals surface area (Å²) >= 11 is 0. The molecule has 0 amide bonds. The fourth-order valence-corrected chi connectivity index (χ4v) is 2.96. The third-order valence-electron chi connectivity index (χ3n) is 2.87. The van der Waals surface area contributed by atoms with Gasteiger partial charge in [-0.05, 0) is 24.6 Å². The quantitative estimate of drug-likeness (QED) is 0.803. The molecule has 0 fully saturated rings. The lowest BCUT2D eigenvalue weighted by Gasteiger charge is -2.10. The summed E-state index contributed by atoms with van der Waals surface area (Å²) in [6.45, 7) is 1.52. The van der Waals surface area contributed by atoms with Gasteiger partial charge >= 0.3 is 0 Å². The number of benzene rings is 1. The number of nitrogens with zero attached hydrogens (tertiary/aromatic N) is 2. The first-order valence-electron chi connectivity index (χ1n) is 6.18. The largest absolute Gasteiger partial charge is 0.340 e. The fourth-order valence-electron chi connectivity index (χ4n) is 1.79. The fraction of sp³-hybridized carbons (Fsp3) is 0.333. The van der Waals surface area contributed by atoms with Crippen LogP contribution in [-0.2, 0) is 23.0 Å². The van der Waals surface area contributed by atoms with E-state index in [0.29, 0.717) is 5.89 Å². The van der Waals surface area contributed by atoms with E-state index in [1.807, 2.05) is 0 Å². The summed E-state index contributed by atoms with van der Waals surface area (Å²) in [4.78, 5) is 3.76. The predicted molar refractivity (Wildman–Crippen MR) is 72.2 cm³/mol. The molecule has 0 unspecified atom stereocenters. The van der Waals surface area contributed by atoms with E-state index in [9.17, 15) is 12.8 Å². The van der Waals surface area contributed by atoms with Gasteiger partial charge in [-0.2, -0.15) is 4.98 Å². The first kappa shape index (κ1) is 15.5. The van der Waals surface area contributed by atoms with Gasteiger partial charge in [0.2, 0.25) is 15.9 Å². The minimum atomic E-state index is -3.75. The van der Waals surface area contributed by atoms with Crippen molar-refractivity contribution in [2.24, 2.45) is 5.73 Å². The van der Waals surface area contributed by atoms with Crippen molar-refractivity contribution >= 4 is 10.0 Å². The third-order valence-corrected chi connectivity index (χ3v) is 4.31. The summed E-state index contributed by atoms with van der Waals surface area (Å²) in [5, 5.41) is 3.42. The number of aryl methyl sites for hydroxylation is 1. The summed E-state index contributed by atoms with van der Waals surface area (Å²) < 4.78 is 45.1. The highest BCUT2D eigenvalue weighted by molar-refractivity contribution is 7.89. The Hall–Kier alpha value is -1.84. The minimum absolute atomic E-state index is 0.0209. The molecule has 7 nitrogen and oxygen atoms in total. The molecule has 0 saturated heterocycles. The average Bonchev–Trinajstić information content (AvgIpc) is 2.94. The Morgan fingerprint density at radius 3 is 2.81 bits per heavy atom. The number of nitrogens with two attached hydrogens (primary N) is 1. The van der Waals surface area contributed by atoms with E-state index in [-0.39, 0.29) is 35.5 Å². The molecular weight excluding hydrogens is 299 g/mol. The Kier molecular flexibility index (Phi) is 4.66. The van der Waals surface area contributed by atoms with Crippen molar-refractivity contribution in [2.75, 3.05) is 6.54 Å². The molecule has 0 bridgehead atoms. The summed E-state index contributed by atoms with van der Waals surface area (Å²) in [7, 11) is -3.75. The van der Waals surface area contributed by atoms with Crippen molar-refractivity contribution in [1.82, 2.24) is 14.9 Å². The summed E-state index contributed by atoms with van der Waals surface area (Å²) in [5.41, 5.74) is 5.80. The second-order valence-electron chi connectivity index (χ2n) is 4.40. The van der Waals surface area contributed by atoms with Crippen LogP contribution in [0, 0.1) is 12.7 Å². The van der Waals surface area contributed by atoms with Gasteiger partial charge in [-0.15, -0.1) is 0 Å². The first-order chi connectivity index (χ1) is 9.94. The molecule has 0 atom stereocenters. The molecule has 21 heavy (non-hydrogen) atoms. The lowest BCUT2D eigenvalue weighted by molar-refractivity contribution is 0.377. The Morgan fingerprint density at radius 1 is 1.43 bits per heavy atom. The van der Waals surface area contributed by atoms with Gasteiger partial charge in [-0.1, -0.05) is 5.16 Å². The van der Waals surface area contributed by atoms with Crippen LogP contribution in [0.4, 0.5) is 4.39 Å². The zero-order valence-electron chi connectivity index (χ0n) is 11.3. The average molecular weight is 314 g/mol. The second kappa shape index (κ2) is 6.29. The number of halogens is 1. The molecule has 0 aliphatic carbocycles. The molecule has 9 heteroatoms. The number of hydrogen-bond donors (Lipinski definition) is 2. The van der Waals surface area contributed by atoms with Crippen LogP contribution in [0.1, 0.15) is 17.0 Å². The molecule has 0 spiro atoms. The summed E-state index contributed by atoms with van der Waals surface area (Å²) in [6, 6.07) is 2.50. The van der Waals surface area contributed by atoms with Crippen molar-refractivity contribution in [1.29, 1.82) is 0 Å². The molecule has 2 rings (SSSR count). The Labute approximate surface area is 121 Å². The standard InChI is InChI=1S/C12H15FN4O3S/c1-8-4-10(5-9(6-14)12(8)13)21(18,19)17-3-2-11-15-7-16-20-11/h4-5,7,17H,2-3,6,14H2,1H3. The van der Waals surface area contributed by atoms with E-state index in [0.717, 1.165) is 0 Å². The van der Waals surface area contributed by atoms with Gasteiger partial charge in [0.1, 0.15) is 5.82 Å². The molecule has 0 aliphatic heterocycles. The second-order valence-corrected chi connectivity index (χ2v) is 6.17. The normalized spacial score (nSPS) is 11.8. The van der Waals surface area contributed by atoms with Crippen LogP contribution in [0.25, 0.3) is 0 Å². The van der Waals surface area contributed by atoms with Crippen molar-refractivity contribution in [2.45, 2.75) is 24.8 Å². The van der Waals surface area contributed by atoms with Gasteiger partial charge in [0, 0.05) is 25.1 Å². The molecule has 114 valence electrons. The van der Waals surface area contributed by atoms with E-state index in [4.69, 9.17) is 10.3 Å². The maximum atomic E-state index is 13.7. The van der Waals surface area contributed by atoms with Crippen LogP contribution in [0.2, 0.25) is 0 Å². The molecule has 0 aliphatic rings. The number of hydrogen-bond acceptors (Lipinski definition) is 6. The van der Waals surface area contributed by atoms with Crippen molar-refractivity contribution in [3.63, 3.8) is 0 Å². The third kappa shape index (κ3) is 3.63. The number of aromatic nitrogens is 2. The van der Waals surface area contributed by atoms with Gasteiger partial charge in [-0.3, -0.25) is 0 Å². The molecule has 2 aromatic rings. The minimum Gasteiger partial charge on any atom is -0.340 e. The van der Waals surface area contributed by atoms with E-state index < -0.39 is 15.8 Å². The first-order valence-corrected chi connectivity index (χ1v) is 7.66. The predicted octanol–water partition coefficient (Wildman–Crippen LogP) is 0.497. The maximum absolute atomic E-state index is 13.7. The van der Waals surface area contributed by atoms with Crippen LogP contribution >= 0.6 is 0 Å². The number of nitrogens with one attached hydrogen (secondary N) is 1. The molecule has 1 aromatic carbocycles. The number of sulfonamides is 1. The van der Waals surface area contributed by atoms with E-state index in [1.54, 1.807) is 0 Å². The topological polar surface area (TPSA) is 111 Å². The number of rotatable bonds is 6. The van der Waals surface area contributed by atoms with Crippen LogP contribution in [0.5, 0.6) is 0 Å².